The Labute approximate surface area is 179 Å². The summed E-state index contributed by atoms with van der Waals surface area (Å²) in [5, 5.41) is 1.19. The van der Waals surface area contributed by atoms with Gasteiger partial charge in [-0.2, -0.15) is 0 Å². The third kappa shape index (κ3) is 5.24. The number of ether oxygens (including phenoxy) is 1. The van der Waals surface area contributed by atoms with Crippen LogP contribution in [0.5, 0.6) is 5.75 Å². The van der Waals surface area contributed by atoms with Crippen LogP contribution >= 0.6 is 0 Å². The summed E-state index contributed by atoms with van der Waals surface area (Å²) in [6.45, 7) is 4.48. The predicted octanol–water partition coefficient (Wildman–Crippen LogP) is 5.37. The number of likely N-dealkylation sites (tertiary alicyclic amines) is 1. The van der Waals surface area contributed by atoms with Gasteiger partial charge in [-0.05, 0) is 74.1 Å². The van der Waals surface area contributed by atoms with Crippen molar-refractivity contribution in [3.05, 3.63) is 65.9 Å². The lowest BCUT2D eigenvalue weighted by molar-refractivity contribution is -0.133. The van der Waals surface area contributed by atoms with Gasteiger partial charge < -0.3 is 14.6 Å². The molecule has 0 spiro atoms. The molecule has 2 heterocycles. The molecule has 30 heavy (non-hydrogen) atoms. The van der Waals surface area contributed by atoms with Crippen molar-refractivity contribution >= 4 is 16.8 Å². The van der Waals surface area contributed by atoms with Gasteiger partial charge in [0.1, 0.15) is 5.75 Å². The molecule has 1 aliphatic rings. The van der Waals surface area contributed by atoms with E-state index in [9.17, 15) is 4.79 Å². The molecule has 3 aromatic rings. The Hall–Kier alpha value is -2.75. The average molecular weight is 405 g/mol. The minimum Gasteiger partial charge on any atom is -0.494 e. The first-order valence-electron chi connectivity index (χ1n) is 11.3. The summed E-state index contributed by atoms with van der Waals surface area (Å²) >= 11 is 0. The van der Waals surface area contributed by atoms with Crippen LogP contribution in [0, 0.1) is 5.92 Å². The van der Waals surface area contributed by atoms with Crippen molar-refractivity contribution in [3.8, 4) is 5.75 Å². The molecule has 1 saturated heterocycles. The van der Waals surface area contributed by atoms with Gasteiger partial charge in [0.05, 0.1) is 6.61 Å². The molecule has 0 radical (unpaired) electrons. The lowest BCUT2D eigenvalue weighted by atomic mass is 9.91. The van der Waals surface area contributed by atoms with Crippen molar-refractivity contribution in [3.63, 3.8) is 0 Å². The number of nitrogens with one attached hydrogen (secondary N) is 1. The number of hydrogen-bond donors (Lipinski definition) is 1. The molecule has 1 amide bonds. The topological polar surface area (TPSA) is 45.3 Å². The number of carbonyl (C=O) groups excluding carboxylic acids is 1. The molecule has 1 unspecified atom stereocenters. The van der Waals surface area contributed by atoms with Crippen molar-refractivity contribution in [1.82, 2.24) is 9.88 Å². The van der Waals surface area contributed by atoms with Gasteiger partial charge in [-0.15, -0.1) is 0 Å². The van der Waals surface area contributed by atoms with Crippen molar-refractivity contribution in [2.45, 2.75) is 45.4 Å². The van der Waals surface area contributed by atoms with Gasteiger partial charge in [0.15, 0.2) is 0 Å². The molecule has 2 aromatic carbocycles. The van der Waals surface area contributed by atoms with Gasteiger partial charge in [0.25, 0.3) is 0 Å². The molecule has 1 aromatic heterocycles. The lowest BCUT2D eigenvalue weighted by Crippen LogP contribution is -2.40. The Morgan fingerprint density at radius 1 is 1.17 bits per heavy atom. The third-order valence-electron chi connectivity index (χ3n) is 6.04. The van der Waals surface area contributed by atoms with Crippen LogP contribution in [-0.2, 0) is 17.6 Å². The second-order valence-electron chi connectivity index (χ2n) is 8.37. The zero-order valence-electron chi connectivity index (χ0n) is 17.9. The van der Waals surface area contributed by atoms with Crippen LogP contribution in [0.2, 0.25) is 0 Å². The highest BCUT2D eigenvalue weighted by molar-refractivity contribution is 5.82. The molecule has 4 rings (SSSR count). The van der Waals surface area contributed by atoms with Crippen LogP contribution in [-0.4, -0.2) is 35.5 Å². The number of amides is 1. The van der Waals surface area contributed by atoms with E-state index in [1.807, 2.05) is 19.1 Å². The Kier molecular flexibility index (Phi) is 6.73. The standard InChI is InChI=1S/C26H32N2O2/c1-2-30-24-14-13-22-17-23(27-25(22)18-24)11-6-12-26(29)28-15-7-10-21(19-28)16-20-8-4-3-5-9-20/h3-5,8-9,13-14,17-18,21,27H,2,6-7,10-12,15-16,19H2,1H3. The summed E-state index contributed by atoms with van der Waals surface area (Å²) in [7, 11) is 0. The minimum atomic E-state index is 0.308. The summed E-state index contributed by atoms with van der Waals surface area (Å²) in [6, 6.07) is 19.0. The van der Waals surface area contributed by atoms with E-state index in [0.29, 0.717) is 24.9 Å². The van der Waals surface area contributed by atoms with Crippen LogP contribution in [0.15, 0.2) is 54.6 Å². The number of carbonyl (C=O) groups is 1. The number of H-pyrrole nitrogens is 1. The Bertz CT molecular complexity index is 964. The number of fused-ring (bicyclic) bond motifs is 1. The summed E-state index contributed by atoms with van der Waals surface area (Å²) in [4.78, 5) is 18.3. The molecular weight excluding hydrogens is 372 g/mol. The zero-order valence-corrected chi connectivity index (χ0v) is 17.9. The quantitative estimate of drug-likeness (QED) is 0.548. The molecule has 1 fully saturated rings. The summed E-state index contributed by atoms with van der Waals surface area (Å²) in [5.41, 5.74) is 3.66. The molecule has 1 N–H and O–H groups in total. The molecule has 0 aliphatic carbocycles. The molecule has 0 bridgehead atoms. The molecule has 158 valence electrons. The normalized spacial score (nSPS) is 16.7. The van der Waals surface area contributed by atoms with Crippen molar-refractivity contribution in [2.75, 3.05) is 19.7 Å². The molecule has 1 atom stereocenters. The van der Waals surface area contributed by atoms with Crippen LogP contribution in [0.3, 0.4) is 0 Å². The predicted molar refractivity (Wildman–Crippen MR) is 122 cm³/mol. The molecule has 4 heteroatoms. The molecule has 1 aliphatic heterocycles. The number of aromatic amines is 1. The van der Waals surface area contributed by atoms with E-state index in [1.165, 1.54) is 23.1 Å². The van der Waals surface area contributed by atoms with Crippen molar-refractivity contribution in [1.29, 1.82) is 0 Å². The second-order valence-corrected chi connectivity index (χ2v) is 8.37. The fraction of sp³-hybridized carbons (Fsp3) is 0.423. The Balaban J connectivity index is 1.26. The monoisotopic (exact) mass is 404 g/mol. The number of aromatic nitrogens is 1. The highest BCUT2D eigenvalue weighted by Gasteiger charge is 2.23. The lowest BCUT2D eigenvalue weighted by Gasteiger charge is -2.33. The SMILES string of the molecule is CCOc1ccc2cc(CCCC(=O)N3CCCC(Cc4ccccc4)C3)[nH]c2c1. The summed E-state index contributed by atoms with van der Waals surface area (Å²) in [6.07, 6.45) is 5.81. The van der Waals surface area contributed by atoms with Gasteiger partial charge in [0, 0.05) is 36.8 Å². The van der Waals surface area contributed by atoms with Crippen LogP contribution in [0.1, 0.15) is 43.9 Å². The Morgan fingerprint density at radius 3 is 2.87 bits per heavy atom. The minimum absolute atomic E-state index is 0.308. The summed E-state index contributed by atoms with van der Waals surface area (Å²) in [5.74, 6) is 1.78. The number of piperidine rings is 1. The van der Waals surface area contributed by atoms with E-state index in [-0.39, 0.29) is 0 Å². The maximum atomic E-state index is 12.8. The second kappa shape index (κ2) is 9.84. The van der Waals surface area contributed by atoms with Crippen LogP contribution in [0.4, 0.5) is 0 Å². The van der Waals surface area contributed by atoms with Gasteiger partial charge in [0.2, 0.25) is 5.91 Å². The van der Waals surface area contributed by atoms with Crippen molar-refractivity contribution in [2.24, 2.45) is 5.92 Å². The van der Waals surface area contributed by atoms with Crippen molar-refractivity contribution < 1.29 is 9.53 Å². The number of benzene rings is 2. The van der Waals surface area contributed by atoms with Gasteiger partial charge in [-0.3, -0.25) is 4.79 Å². The highest BCUT2D eigenvalue weighted by atomic mass is 16.5. The number of rotatable bonds is 8. The maximum absolute atomic E-state index is 12.8. The Morgan fingerprint density at radius 2 is 2.03 bits per heavy atom. The molecular formula is C26H32N2O2. The number of hydrogen-bond acceptors (Lipinski definition) is 2. The fourth-order valence-electron chi connectivity index (χ4n) is 4.55. The fourth-order valence-corrected chi connectivity index (χ4v) is 4.55. The van der Waals surface area contributed by atoms with Gasteiger partial charge >= 0.3 is 0 Å². The zero-order chi connectivity index (χ0) is 20.8. The van der Waals surface area contributed by atoms with E-state index >= 15 is 0 Å². The van der Waals surface area contributed by atoms with Crippen LogP contribution < -0.4 is 4.74 Å². The molecule has 0 saturated carbocycles. The first-order chi connectivity index (χ1) is 14.7. The smallest absolute Gasteiger partial charge is 0.222 e. The van der Waals surface area contributed by atoms with E-state index < -0.39 is 0 Å². The third-order valence-corrected chi connectivity index (χ3v) is 6.04. The largest absolute Gasteiger partial charge is 0.494 e. The molecule has 4 nitrogen and oxygen atoms in total. The summed E-state index contributed by atoms with van der Waals surface area (Å²) < 4.78 is 5.58. The van der Waals surface area contributed by atoms with E-state index in [1.54, 1.807) is 0 Å². The van der Waals surface area contributed by atoms with E-state index in [2.05, 4.69) is 52.3 Å². The number of aryl methyl sites for hydroxylation is 1. The maximum Gasteiger partial charge on any atom is 0.222 e. The average Bonchev–Trinajstić information content (AvgIpc) is 3.17. The first-order valence-corrected chi connectivity index (χ1v) is 11.3. The highest BCUT2D eigenvalue weighted by Crippen LogP contribution is 2.24. The van der Waals surface area contributed by atoms with Gasteiger partial charge in [-0.25, -0.2) is 0 Å². The number of nitrogens with zero attached hydrogens (tertiary/aromatic N) is 1. The van der Waals surface area contributed by atoms with Crippen LogP contribution in [0.25, 0.3) is 10.9 Å². The van der Waals surface area contributed by atoms with E-state index in [0.717, 1.165) is 50.0 Å². The van der Waals surface area contributed by atoms with E-state index in [4.69, 9.17) is 4.74 Å². The van der Waals surface area contributed by atoms with Gasteiger partial charge in [-0.1, -0.05) is 30.3 Å². The first kappa shape index (κ1) is 20.5.